The number of nitrogens with one attached hydrogen (secondary N) is 1. The van der Waals surface area contributed by atoms with E-state index in [0.29, 0.717) is 0 Å². The molecule has 0 spiro atoms. The number of nitrogens with zero attached hydrogens (tertiary/aromatic N) is 2. The fourth-order valence-corrected chi connectivity index (χ4v) is 1.17. The first-order chi connectivity index (χ1) is 4.88. The number of hydrogen-bond donors (Lipinski definition) is 1. The molecule has 0 unspecified atom stereocenters. The number of fused-ring (bicyclic) bond motifs is 1. The first-order valence-electron chi connectivity index (χ1n) is 3.33. The van der Waals surface area contributed by atoms with Crippen molar-refractivity contribution in [3.63, 3.8) is 0 Å². The second-order valence-electron chi connectivity index (χ2n) is 2.34. The third-order valence-corrected chi connectivity index (χ3v) is 1.69. The van der Waals surface area contributed by atoms with Crippen LogP contribution < -0.4 is 5.32 Å². The van der Waals surface area contributed by atoms with Gasteiger partial charge in [0, 0.05) is 12.7 Å². The van der Waals surface area contributed by atoms with E-state index in [1.165, 1.54) is 0 Å². The van der Waals surface area contributed by atoms with Crippen LogP contribution >= 0.6 is 0 Å². The van der Waals surface area contributed by atoms with E-state index in [0.717, 1.165) is 24.5 Å². The second kappa shape index (κ2) is 1.87. The molecule has 0 aromatic carbocycles. The highest BCUT2D eigenvalue weighted by Crippen LogP contribution is 2.11. The highest BCUT2D eigenvalue weighted by Gasteiger charge is 2.09. The molecule has 0 saturated carbocycles. The van der Waals surface area contributed by atoms with E-state index < -0.39 is 0 Å². The molecule has 1 N–H and O–H groups in total. The van der Waals surface area contributed by atoms with Gasteiger partial charge in [0.1, 0.15) is 0 Å². The Hall–Kier alpha value is -1.25. The maximum atomic E-state index is 4.12. The lowest BCUT2D eigenvalue weighted by atomic mass is 10.3. The standard InChI is InChI=1S/C7H9N3/c1-6-7-2-3-9-10(7)5-4-8-6/h2-3,8H,1,4-5H2. The summed E-state index contributed by atoms with van der Waals surface area (Å²) in [6.07, 6.45) is 1.80. The predicted molar refractivity (Wildman–Crippen MR) is 39.3 cm³/mol. The summed E-state index contributed by atoms with van der Waals surface area (Å²) in [6, 6.07) is 1.97. The minimum absolute atomic E-state index is 0.938. The van der Waals surface area contributed by atoms with Crippen LogP contribution in [0.2, 0.25) is 0 Å². The Labute approximate surface area is 59.4 Å². The zero-order valence-corrected chi connectivity index (χ0v) is 5.67. The highest BCUT2D eigenvalue weighted by molar-refractivity contribution is 5.58. The molecule has 3 nitrogen and oxygen atoms in total. The topological polar surface area (TPSA) is 29.9 Å². The van der Waals surface area contributed by atoms with Crippen LogP contribution in [0.3, 0.4) is 0 Å². The molecule has 52 valence electrons. The van der Waals surface area contributed by atoms with Gasteiger partial charge in [0.05, 0.1) is 17.9 Å². The van der Waals surface area contributed by atoms with Crippen LogP contribution in [-0.2, 0) is 6.54 Å². The molecule has 2 heterocycles. The molecule has 0 fully saturated rings. The maximum Gasteiger partial charge on any atom is 0.0835 e. The molecule has 1 aromatic heterocycles. The molecule has 2 rings (SSSR count). The molecule has 0 saturated heterocycles. The number of hydrogen-bond acceptors (Lipinski definition) is 2. The molecular formula is C7H9N3. The second-order valence-corrected chi connectivity index (χ2v) is 2.34. The quantitative estimate of drug-likeness (QED) is 0.560. The van der Waals surface area contributed by atoms with Gasteiger partial charge in [0.25, 0.3) is 0 Å². The van der Waals surface area contributed by atoms with Gasteiger partial charge in [-0.2, -0.15) is 5.10 Å². The zero-order valence-electron chi connectivity index (χ0n) is 5.67. The van der Waals surface area contributed by atoms with E-state index >= 15 is 0 Å². The molecule has 0 amide bonds. The minimum atomic E-state index is 0.938. The maximum absolute atomic E-state index is 4.12. The van der Waals surface area contributed by atoms with Gasteiger partial charge in [0.2, 0.25) is 0 Å². The van der Waals surface area contributed by atoms with Gasteiger partial charge in [-0.25, -0.2) is 0 Å². The summed E-state index contributed by atoms with van der Waals surface area (Å²) in [6.45, 7) is 5.74. The summed E-state index contributed by atoms with van der Waals surface area (Å²) in [5.74, 6) is 0. The van der Waals surface area contributed by atoms with E-state index in [4.69, 9.17) is 0 Å². The fourth-order valence-electron chi connectivity index (χ4n) is 1.17. The van der Waals surface area contributed by atoms with Crippen LogP contribution in [0.5, 0.6) is 0 Å². The number of aromatic nitrogens is 2. The Morgan fingerprint density at radius 1 is 1.70 bits per heavy atom. The van der Waals surface area contributed by atoms with Gasteiger partial charge >= 0.3 is 0 Å². The molecule has 1 aliphatic rings. The zero-order chi connectivity index (χ0) is 6.97. The third kappa shape index (κ3) is 0.635. The van der Waals surface area contributed by atoms with Gasteiger partial charge in [-0.1, -0.05) is 6.58 Å². The molecule has 3 heteroatoms. The summed E-state index contributed by atoms with van der Waals surface area (Å²) in [5.41, 5.74) is 2.08. The van der Waals surface area contributed by atoms with E-state index in [2.05, 4.69) is 17.0 Å². The molecule has 0 atom stereocenters. The van der Waals surface area contributed by atoms with E-state index in [-0.39, 0.29) is 0 Å². The van der Waals surface area contributed by atoms with Crippen LogP contribution in [-0.4, -0.2) is 16.3 Å². The van der Waals surface area contributed by atoms with Gasteiger partial charge < -0.3 is 5.32 Å². The average molecular weight is 135 g/mol. The molecule has 1 aliphatic heterocycles. The molecule has 0 radical (unpaired) electrons. The molecular weight excluding hydrogens is 126 g/mol. The lowest BCUT2D eigenvalue weighted by molar-refractivity contribution is 0.563. The SMILES string of the molecule is C=C1NCCn2nccc21. The van der Waals surface area contributed by atoms with E-state index in [9.17, 15) is 0 Å². The van der Waals surface area contributed by atoms with Crippen LogP contribution in [0.15, 0.2) is 18.8 Å². The van der Waals surface area contributed by atoms with Crippen molar-refractivity contribution in [1.29, 1.82) is 0 Å². The lowest BCUT2D eigenvalue weighted by Gasteiger charge is -2.17. The smallest absolute Gasteiger partial charge is 0.0835 e. The summed E-state index contributed by atoms with van der Waals surface area (Å²) < 4.78 is 1.96. The van der Waals surface area contributed by atoms with E-state index in [1.807, 2.05) is 10.7 Å². The normalized spacial score (nSPS) is 16.2. The predicted octanol–water partition coefficient (Wildman–Crippen LogP) is 0.457. The molecule has 10 heavy (non-hydrogen) atoms. The summed E-state index contributed by atoms with van der Waals surface area (Å²) in [5, 5.41) is 7.29. The average Bonchev–Trinajstić information content (AvgIpc) is 2.36. The van der Waals surface area contributed by atoms with Gasteiger partial charge in [0.15, 0.2) is 0 Å². The molecule has 0 aliphatic carbocycles. The number of rotatable bonds is 0. The Morgan fingerprint density at radius 2 is 2.60 bits per heavy atom. The van der Waals surface area contributed by atoms with Crippen molar-refractivity contribution in [1.82, 2.24) is 15.1 Å². The van der Waals surface area contributed by atoms with Gasteiger partial charge in [-0.15, -0.1) is 0 Å². The summed E-state index contributed by atoms with van der Waals surface area (Å²) in [4.78, 5) is 0. The van der Waals surface area contributed by atoms with Crippen LogP contribution in [0.25, 0.3) is 5.70 Å². The third-order valence-electron chi connectivity index (χ3n) is 1.69. The van der Waals surface area contributed by atoms with Crippen molar-refractivity contribution in [3.05, 3.63) is 24.5 Å². The Kier molecular flexibility index (Phi) is 1.03. The Balaban J connectivity index is 2.50. The molecule has 0 bridgehead atoms. The Morgan fingerprint density at radius 3 is 3.40 bits per heavy atom. The first kappa shape index (κ1) is 5.53. The van der Waals surface area contributed by atoms with E-state index in [1.54, 1.807) is 6.20 Å². The lowest BCUT2D eigenvalue weighted by Crippen LogP contribution is -2.26. The summed E-state index contributed by atoms with van der Waals surface area (Å²) >= 11 is 0. The largest absolute Gasteiger partial charge is 0.382 e. The van der Waals surface area contributed by atoms with Crippen molar-refractivity contribution >= 4 is 5.70 Å². The highest BCUT2D eigenvalue weighted by atomic mass is 15.3. The Bertz CT molecular complexity index is 262. The van der Waals surface area contributed by atoms with Gasteiger partial charge in [-0.3, -0.25) is 4.68 Å². The van der Waals surface area contributed by atoms with Crippen LogP contribution in [0.4, 0.5) is 0 Å². The summed E-state index contributed by atoms with van der Waals surface area (Å²) in [7, 11) is 0. The fraction of sp³-hybridized carbons (Fsp3) is 0.286. The molecule has 1 aromatic rings. The van der Waals surface area contributed by atoms with Crippen molar-refractivity contribution in [2.45, 2.75) is 6.54 Å². The van der Waals surface area contributed by atoms with Crippen molar-refractivity contribution < 1.29 is 0 Å². The van der Waals surface area contributed by atoms with Gasteiger partial charge in [-0.05, 0) is 6.07 Å². The van der Waals surface area contributed by atoms with Crippen molar-refractivity contribution in [3.8, 4) is 0 Å². The van der Waals surface area contributed by atoms with Crippen LogP contribution in [0, 0.1) is 0 Å². The van der Waals surface area contributed by atoms with Crippen molar-refractivity contribution in [2.75, 3.05) is 6.54 Å². The monoisotopic (exact) mass is 135 g/mol. The van der Waals surface area contributed by atoms with Crippen molar-refractivity contribution in [2.24, 2.45) is 0 Å². The first-order valence-corrected chi connectivity index (χ1v) is 3.33. The minimum Gasteiger partial charge on any atom is -0.382 e. The van der Waals surface area contributed by atoms with Crippen LogP contribution in [0.1, 0.15) is 5.69 Å².